The SMILES string of the molecule is Cc1cccc2cc(-c3nc4cc(C(=O)N5CCC[C@@H](N)C5)cc5c4n3CCO5)n(CC3CC3)c12. The Kier molecular flexibility index (Phi) is 4.71. The van der Waals surface area contributed by atoms with Crippen molar-refractivity contribution in [1.29, 1.82) is 0 Å². The number of piperidine rings is 1. The Bertz CT molecular complexity index is 1480. The van der Waals surface area contributed by atoms with Crippen molar-refractivity contribution in [3.8, 4) is 17.3 Å². The molecule has 4 aromatic rings. The number of amides is 1. The lowest BCUT2D eigenvalue weighted by atomic mass is 10.0. The number of para-hydroxylation sites is 1. The topological polar surface area (TPSA) is 78.3 Å². The number of ether oxygens (including phenoxy) is 1. The molecule has 1 saturated carbocycles. The van der Waals surface area contributed by atoms with Gasteiger partial charge >= 0.3 is 0 Å². The first kappa shape index (κ1) is 21.0. The zero-order chi connectivity index (χ0) is 23.7. The largest absolute Gasteiger partial charge is 0.489 e. The van der Waals surface area contributed by atoms with Crippen LogP contribution in [-0.4, -0.2) is 50.7 Å². The Morgan fingerprint density at radius 1 is 1.14 bits per heavy atom. The molecule has 2 aromatic carbocycles. The van der Waals surface area contributed by atoms with Crippen LogP contribution in [0.1, 0.15) is 41.6 Å². The number of hydrogen-bond acceptors (Lipinski definition) is 4. The van der Waals surface area contributed by atoms with Crippen molar-refractivity contribution in [2.75, 3.05) is 19.7 Å². The van der Waals surface area contributed by atoms with Crippen LogP contribution in [0, 0.1) is 12.8 Å². The van der Waals surface area contributed by atoms with Crippen molar-refractivity contribution >= 4 is 27.8 Å². The highest BCUT2D eigenvalue weighted by Gasteiger charge is 2.29. The average Bonchev–Trinajstić information content (AvgIpc) is 3.50. The lowest BCUT2D eigenvalue weighted by molar-refractivity contribution is 0.0708. The first-order chi connectivity index (χ1) is 17.1. The Labute approximate surface area is 204 Å². The monoisotopic (exact) mass is 469 g/mol. The van der Waals surface area contributed by atoms with E-state index in [1.54, 1.807) is 0 Å². The second-order valence-electron chi connectivity index (χ2n) is 10.5. The van der Waals surface area contributed by atoms with Crippen molar-refractivity contribution in [2.24, 2.45) is 11.7 Å². The average molecular weight is 470 g/mol. The molecule has 0 bridgehead atoms. The number of likely N-dealkylation sites (tertiary alicyclic amines) is 1. The molecule has 35 heavy (non-hydrogen) atoms. The second kappa shape index (κ2) is 7.85. The van der Waals surface area contributed by atoms with Gasteiger partial charge in [-0.2, -0.15) is 0 Å². The number of nitrogens with zero attached hydrogens (tertiary/aromatic N) is 4. The number of carbonyl (C=O) groups excluding carboxylic acids is 1. The van der Waals surface area contributed by atoms with Crippen LogP contribution < -0.4 is 10.5 Å². The van der Waals surface area contributed by atoms with Gasteiger partial charge in [0.05, 0.1) is 23.3 Å². The van der Waals surface area contributed by atoms with Crippen LogP contribution >= 0.6 is 0 Å². The van der Waals surface area contributed by atoms with Crippen LogP contribution in [0.3, 0.4) is 0 Å². The smallest absolute Gasteiger partial charge is 0.254 e. The molecule has 2 fully saturated rings. The van der Waals surface area contributed by atoms with E-state index in [4.69, 9.17) is 15.5 Å². The summed E-state index contributed by atoms with van der Waals surface area (Å²) in [5.41, 5.74) is 12.3. The summed E-state index contributed by atoms with van der Waals surface area (Å²) in [6.07, 6.45) is 4.51. The third-order valence-corrected chi connectivity index (χ3v) is 7.86. The number of carbonyl (C=O) groups is 1. The molecule has 180 valence electrons. The summed E-state index contributed by atoms with van der Waals surface area (Å²) in [7, 11) is 0. The fraction of sp³-hybridized carbons (Fsp3) is 0.429. The third-order valence-electron chi connectivity index (χ3n) is 7.86. The molecule has 3 aliphatic rings. The van der Waals surface area contributed by atoms with Crippen LogP contribution in [0.5, 0.6) is 5.75 Å². The standard InChI is InChI=1S/C28H31N5O2/c1-17-4-2-5-19-13-23(33(25(17)19)15-18-7-8-18)27-30-22-12-20(14-24-26(22)32(27)10-11-35-24)28(34)31-9-3-6-21(29)16-31/h2,4-5,12-14,18,21H,3,6-11,15-16,29H2,1H3/t21-/m1/s1. The molecule has 1 aliphatic carbocycles. The van der Waals surface area contributed by atoms with Crippen molar-refractivity contribution in [3.63, 3.8) is 0 Å². The minimum absolute atomic E-state index is 0.0158. The van der Waals surface area contributed by atoms with Crippen LogP contribution in [0.15, 0.2) is 36.4 Å². The van der Waals surface area contributed by atoms with Gasteiger partial charge in [0.1, 0.15) is 17.9 Å². The van der Waals surface area contributed by atoms with Gasteiger partial charge < -0.3 is 24.5 Å². The highest BCUT2D eigenvalue weighted by Crippen LogP contribution is 2.40. The number of nitrogens with two attached hydrogens (primary N) is 1. The van der Waals surface area contributed by atoms with Gasteiger partial charge in [-0.1, -0.05) is 18.2 Å². The molecule has 1 atom stereocenters. The van der Waals surface area contributed by atoms with E-state index in [0.29, 0.717) is 18.7 Å². The van der Waals surface area contributed by atoms with E-state index >= 15 is 0 Å². The first-order valence-corrected chi connectivity index (χ1v) is 12.9. The van der Waals surface area contributed by atoms with Gasteiger partial charge in [-0.05, 0) is 62.3 Å². The maximum atomic E-state index is 13.4. The predicted octanol–water partition coefficient (Wildman–Crippen LogP) is 4.33. The van der Waals surface area contributed by atoms with E-state index in [2.05, 4.69) is 40.3 Å². The van der Waals surface area contributed by atoms with Gasteiger partial charge in [0.15, 0.2) is 5.82 Å². The van der Waals surface area contributed by atoms with E-state index in [9.17, 15) is 4.79 Å². The maximum absolute atomic E-state index is 13.4. The fourth-order valence-corrected chi connectivity index (χ4v) is 5.95. The number of hydrogen-bond donors (Lipinski definition) is 1. The highest BCUT2D eigenvalue weighted by atomic mass is 16.5. The lowest BCUT2D eigenvalue weighted by Gasteiger charge is -2.31. The summed E-state index contributed by atoms with van der Waals surface area (Å²) >= 11 is 0. The van der Waals surface area contributed by atoms with Crippen molar-refractivity contribution < 1.29 is 9.53 Å². The molecule has 7 nitrogen and oxygen atoms in total. The molecule has 0 unspecified atom stereocenters. The molecule has 2 N–H and O–H groups in total. The first-order valence-electron chi connectivity index (χ1n) is 12.9. The van der Waals surface area contributed by atoms with Gasteiger partial charge in [-0.3, -0.25) is 4.79 Å². The minimum Gasteiger partial charge on any atom is -0.489 e. The predicted molar refractivity (Wildman–Crippen MR) is 137 cm³/mol. The molecule has 4 heterocycles. The van der Waals surface area contributed by atoms with Crippen molar-refractivity contribution in [3.05, 3.63) is 47.5 Å². The normalized spacial score (nSPS) is 19.9. The Morgan fingerprint density at radius 2 is 2.03 bits per heavy atom. The van der Waals surface area contributed by atoms with Crippen LogP contribution in [-0.2, 0) is 13.1 Å². The van der Waals surface area contributed by atoms with Crippen LogP contribution in [0.25, 0.3) is 33.5 Å². The minimum atomic E-state index is 0.0158. The van der Waals surface area contributed by atoms with Crippen molar-refractivity contribution in [1.82, 2.24) is 19.0 Å². The fourth-order valence-electron chi connectivity index (χ4n) is 5.95. The Hall–Kier alpha value is -3.32. The molecule has 2 aliphatic heterocycles. The summed E-state index contributed by atoms with van der Waals surface area (Å²) in [5.74, 6) is 2.47. The van der Waals surface area contributed by atoms with Crippen LogP contribution in [0.4, 0.5) is 0 Å². The Balaban J connectivity index is 1.38. The number of imidazole rings is 1. The summed E-state index contributed by atoms with van der Waals surface area (Å²) < 4.78 is 10.8. The number of benzene rings is 2. The molecule has 1 saturated heterocycles. The summed E-state index contributed by atoms with van der Waals surface area (Å²) in [6, 6.07) is 12.7. The molecule has 2 aromatic heterocycles. The van der Waals surface area contributed by atoms with Crippen molar-refractivity contribution in [2.45, 2.75) is 51.7 Å². The van der Waals surface area contributed by atoms with Gasteiger partial charge in [0, 0.05) is 36.6 Å². The molecule has 7 heteroatoms. The van der Waals surface area contributed by atoms with E-state index in [1.807, 2.05) is 17.0 Å². The third kappa shape index (κ3) is 3.44. The quantitative estimate of drug-likeness (QED) is 0.483. The molecule has 0 radical (unpaired) electrons. The van der Waals surface area contributed by atoms with Crippen LogP contribution in [0.2, 0.25) is 0 Å². The molecular weight excluding hydrogens is 438 g/mol. The molecule has 1 amide bonds. The van der Waals surface area contributed by atoms with E-state index in [0.717, 1.165) is 66.7 Å². The zero-order valence-corrected chi connectivity index (χ0v) is 20.2. The number of aryl methyl sites for hydroxylation is 1. The summed E-state index contributed by atoms with van der Waals surface area (Å²) in [6.45, 7) is 5.89. The van der Waals surface area contributed by atoms with Gasteiger partial charge in [-0.25, -0.2) is 4.98 Å². The Morgan fingerprint density at radius 3 is 2.86 bits per heavy atom. The molecular formula is C28H31N5O2. The number of aromatic nitrogens is 3. The van der Waals surface area contributed by atoms with E-state index in [1.165, 1.54) is 29.3 Å². The maximum Gasteiger partial charge on any atom is 0.254 e. The molecule has 0 spiro atoms. The van der Waals surface area contributed by atoms with E-state index < -0.39 is 0 Å². The highest BCUT2D eigenvalue weighted by molar-refractivity contribution is 6.00. The van der Waals surface area contributed by atoms with E-state index in [-0.39, 0.29) is 11.9 Å². The van der Waals surface area contributed by atoms with Gasteiger partial charge in [-0.15, -0.1) is 0 Å². The van der Waals surface area contributed by atoms with Gasteiger partial charge in [0.25, 0.3) is 5.91 Å². The lowest BCUT2D eigenvalue weighted by Crippen LogP contribution is -2.45. The number of rotatable bonds is 4. The summed E-state index contributed by atoms with van der Waals surface area (Å²) in [5, 5.41) is 1.25. The summed E-state index contributed by atoms with van der Waals surface area (Å²) in [4.78, 5) is 20.4. The second-order valence-corrected chi connectivity index (χ2v) is 10.5. The number of fused-ring (bicyclic) bond motifs is 1. The zero-order valence-electron chi connectivity index (χ0n) is 20.2. The van der Waals surface area contributed by atoms with Gasteiger partial charge in [0.2, 0.25) is 0 Å². The molecule has 7 rings (SSSR count).